The Balaban J connectivity index is 1.03. The summed E-state index contributed by atoms with van der Waals surface area (Å²) in [7, 11) is 0. The number of H-pyrrole nitrogens is 4. The molecule has 1 unspecified atom stereocenters. The van der Waals surface area contributed by atoms with Crippen LogP contribution in [-0.4, -0.2) is 19.9 Å². The van der Waals surface area contributed by atoms with E-state index in [1.807, 2.05) is 0 Å². The van der Waals surface area contributed by atoms with Crippen LogP contribution in [0.1, 0.15) is 129 Å². The van der Waals surface area contributed by atoms with Crippen molar-refractivity contribution in [2.24, 2.45) is 0 Å². The molecule has 8 bridgehead atoms. The van der Waals surface area contributed by atoms with Gasteiger partial charge in [-0.25, -0.2) is 0 Å². The molecule has 8 aromatic rings. The molecule has 4 heteroatoms. The number of hydrogen-bond donors (Lipinski definition) is 4. The summed E-state index contributed by atoms with van der Waals surface area (Å²) in [6, 6.07) is 49.9. The lowest BCUT2D eigenvalue weighted by molar-refractivity contribution is 0.480. The van der Waals surface area contributed by atoms with Gasteiger partial charge in [0, 0.05) is 66.1 Å². The second-order valence-electron chi connectivity index (χ2n) is 18.4. The molecule has 0 amide bonds. The van der Waals surface area contributed by atoms with Gasteiger partial charge in [0.05, 0.1) is 0 Å². The van der Waals surface area contributed by atoms with E-state index in [1.165, 1.54) is 99.7 Å². The van der Waals surface area contributed by atoms with Gasteiger partial charge in [0.2, 0.25) is 0 Å². The first-order chi connectivity index (χ1) is 29.8. The van der Waals surface area contributed by atoms with Crippen molar-refractivity contribution < 1.29 is 0 Å². The van der Waals surface area contributed by atoms with Gasteiger partial charge in [0.15, 0.2) is 0 Å². The molecular weight excluding hydrogens is 741 g/mol. The van der Waals surface area contributed by atoms with Crippen LogP contribution in [0.2, 0.25) is 0 Å². The van der Waals surface area contributed by atoms with E-state index >= 15 is 0 Å². The maximum Gasteiger partial charge on any atom is 0.0485 e. The molecule has 2 aliphatic carbocycles. The second kappa shape index (κ2) is 14.6. The molecule has 3 aliphatic rings. The monoisotopic (exact) mass is 794 g/mol. The summed E-state index contributed by atoms with van der Waals surface area (Å²) < 4.78 is 0. The Morgan fingerprint density at radius 1 is 0.426 bits per heavy atom. The zero-order valence-electron chi connectivity index (χ0n) is 35.8. The Morgan fingerprint density at radius 3 is 1.56 bits per heavy atom. The third-order valence-corrected chi connectivity index (χ3v) is 14.2. The van der Waals surface area contributed by atoms with Crippen LogP contribution >= 0.6 is 0 Å². The lowest BCUT2D eigenvalue weighted by atomic mass is 9.75. The van der Waals surface area contributed by atoms with Crippen LogP contribution in [-0.2, 0) is 10.8 Å². The average molecular weight is 795 g/mol. The van der Waals surface area contributed by atoms with Crippen LogP contribution in [0, 0.1) is 0 Å². The lowest BCUT2D eigenvalue weighted by Crippen LogP contribution is -2.21. The van der Waals surface area contributed by atoms with E-state index in [1.54, 1.807) is 0 Å². The fourth-order valence-electron chi connectivity index (χ4n) is 10.9. The first kappa shape index (κ1) is 37.5. The SMILES string of the molecule is CCCCCCCCC1(C)c2ccccc2-c2ccc(C3=c4ccc([nH]4)=Cc4ccc([nH]4)C(c4ccc5c(c4)C(C)(C)c4ccccc4-5)=c4ccc([nH]4)=Cc4ccc3[nH]4)cc21. The van der Waals surface area contributed by atoms with Gasteiger partial charge < -0.3 is 19.9 Å². The molecular formula is C57H54N4. The van der Waals surface area contributed by atoms with Gasteiger partial charge in [-0.3, -0.25) is 0 Å². The molecule has 0 fully saturated rings. The highest BCUT2D eigenvalue weighted by Crippen LogP contribution is 2.52. The summed E-state index contributed by atoms with van der Waals surface area (Å²) in [6.07, 6.45) is 13.4. The van der Waals surface area contributed by atoms with Crippen LogP contribution in [0.4, 0.5) is 0 Å². The summed E-state index contributed by atoms with van der Waals surface area (Å²) in [6.45, 7) is 9.49. The van der Waals surface area contributed by atoms with Crippen molar-refractivity contribution in [1.29, 1.82) is 0 Å². The normalized spacial score (nSPS) is 16.7. The van der Waals surface area contributed by atoms with Crippen LogP contribution in [0.5, 0.6) is 0 Å². The average Bonchev–Trinajstić information content (AvgIpc) is 4.15. The number of fused-ring (bicyclic) bond motifs is 14. The molecule has 302 valence electrons. The highest BCUT2D eigenvalue weighted by molar-refractivity contribution is 5.87. The van der Waals surface area contributed by atoms with Gasteiger partial charge in [-0.15, -0.1) is 0 Å². The zero-order valence-corrected chi connectivity index (χ0v) is 35.8. The Hall–Kier alpha value is -6.52. The summed E-state index contributed by atoms with van der Waals surface area (Å²) in [5, 5.41) is 4.25. The largest absolute Gasteiger partial charge is 0.355 e. The van der Waals surface area contributed by atoms with E-state index < -0.39 is 0 Å². The fourth-order valence-corrected chi connectivity index (χ4v) is 10.9. The molecule has 0 saturated heterocycles. The summed E-state index contributed by atoms with van der Waals surface area (Å²) in [5.74, 6) is 0. The smallest absolute Gasteiger partial charge is 0.0485 e. The molecule has 4 N–H and O–H groups in total. The van der Waals surface area contributed by atoms with Gasteiger partial charge >= 0.3 is 0 Å². The molecule has 5 heterocycles. The number of aromatic nitrogens is 4. The van der Waals surface area contributed by atoms with Crippen molar-refractivity contribution in [2.45, 2.75) is 83.5 Å². The van der Waals surface area contributed by atoms with Gasteiger partial charge in [-0.1, -0.05) is 139 Å². The third-order valence-electron chi connectivity index (χ3n) is 14.2. The quantitative estimate of drug-likeness (QED) is 0.105. The molecule has 0 saturated carbocycles. The van der Waals surface area contributed by atoms with E-state index in [2.05, 4.69) is 193 Å². The van der Waals surface area contributed by atoms with Gasteiger partial charge in [0.25, 0.3) is 0 Å². The predicted octanol–water partition coefficient (Wildman–Crippen LogP) is 10.8. The lowest BCUT2D eigenvalue weighted by Gasteiger charge is -2.28. The third kappa shape index (κ3) is 6.26. The van der Waals surface area contributed by atoms with Crippen molar-refractivity contribution in [2.75, 3.05) is 0 Å². The van der Waals surface area contributed by atoms with Crippen molar-refractivity contribution in [3.63, 3.8) is 0 Å². The topological polar surface area (TPSA) is 63.2 Å². The highest BCUT2D eigenvalue weighted by atomic mass is 14.8. The molecule has 61 heavy (non-hydrogen) atoms. The van der Waals surface area contributed by atoms with E-state index in [0.29, 0.717) is 0 Å². The minimum atomic E-state index is -0.0886. The number of benzene rings is 4. The number of nitrogens with one attached hydrogen (secondary N) is 4. The van der Waals surface area contributed by atoms with Crippen LogP contribution in [0.15, 0.2) is 133 Å². The second-order valence-corrected chi connectivity index (χ2v) is 18.4. The van der Waals surface area contributed by atoms with E-state index in [-0.39, 0.29) is 10.8 Å². The molecule has 4 aromatic carbocycles. The number of unbranched alkanes of at least 4 members (excludes halogenated alkanes) is 5. The molecule has 4 nitrogen and oxygen atoms in total. The van der Waals surface area contributed by atoms with Gasteiger partial charge in [-0.2, -0.15) is 0 Å². The zero-order chi connectivity index (χ0) is 41.3. The maximum absolute atomic E-state index is 3.84. The van der Waals surface area contributed by atoms with Crippen LogP contribution in [0.25, 0.3) is 45.6 Å². The van der Waals surface area contributed by atoms with Crippen molar-refractivity contribution in [1.82, 2.24) is 19.9 Å². The molecule has 1 aliphatic heterocycles. The Kier molecular flexibility index (Phi) is 8.96. The molecule has 1 atom stereocenters. The van der Waals surface area contributed by atoms with Gasteiger partial charge in [0.1, 0.15) is 0 Å². The Labute approximate surface area is 358 Å². The Bertz CT molecular complexity index is 3250. The van der Waals surface area contributed by atoms with Crippen molar-refractivity contribution in [3.05, 3.63) is 211 Å². The summed E-state index contributed by atoms with van der Waals surface area (Å²) in [5.41, 5.74) is 19.9. The maximum atomic E-state index is 3.84. The minimum absolute atomic E-state index is 0.0393. The summed E-state index contributed by atoms with van der Waals surface area (Å²) in [4.78, 5) is 15.3. The van der Waals surface area contributed by atoms with E-state index in [4.69, 9.17) is 0 Å². The van der Waals surface area contributed by atoms with Crippen LogP contribution in [0.3, 0.4) is 0 Å². The molecule has 0 radical (unpaired) electrons. The highest BCUT2D eigenvalue weighted by Gasteiger charge is 2.39. The van der Waals surface area contributed by atoms with Crippen molar-refractivity contribution in [3.8, 4) is 22.3 Å². The molecule has 0 spiro atoms. The molecule has 11 rings (SSSR count). The first-order valence-corrected chi connectivity index (χ1v) is 22.5. The van der Waals surface area contributed by atoms with Crippen LogP contribution < -0.4 is 21.4 Å². The van der Waals surface area contributed by atoms with E-state index in [9.17, 15) is 0 Å². The number of hydrogen-bond acceptors (Lipinski definition) is 0. The molecule has 4 aromatic heterocycles. The van der Waals surface area contributed by atoms with E-state index in [0.717, 1.165) is 56.2 Å². The predicted molar refractivity (Wildman–Crippen MR) is 252 cm³/mol. The first-order valence-electron chi connectivity index (χ1n) is 22.5. The van der Waals surface area contributed by atoms with Gasteiger partial charge in [-0.05, 0) is 135 Å². The summed E-state index contributed by atoms with van der Waals surface area (Å²) >= 11 is 0. The Morgan fingerprint density at radius 2 is 0.934 bits per heavy atom. The number of rotatable bonds is 9. The fraction of sp³-hybridized carbons (Fsp3) is 0.228. The van der Waals surface area contributed by atoms with Crippen molar-refractivity contribution >= 4 is 23.3 Å². The minimum Gasteiger partial charge on any atom is -0.355 e. The number of aromatic amines is 4. The standard InChI is InChI=1S/C57H54N4/c1-5-6-7-8-9-14-31-57(4)47-18-13-11-16-43(47)45-26-20-37(33-49(45)57)55-52-29-23-40(60-52)34-38-21-27-50(58-38)54(51-28-22-39(59-51)35-41-24-30-53(55)61-41)36-19-25-44-42-15-10-12-17-46(42)56(2,3)48(44)32-36/h10-13,15-30,32-35,58-61H,5-9,14,31H2,1-4H3.